The Balaban J connectivity index is 1.72. The van der Waals surface area contributed by atoms with Gasteiger partial charge >= 0.3 is 0 Å². The third-order valence-electron chi connectivity index (χ3n) is 3.12. The number of nitrogens with zero attached hydrogens (tertiary/aromatic N) is 2. The van der Waals surface area contributed by atoms with Gasteiger partial charge in [-0.25, -0.2) is 4.98 Å². The smallest absolute Gasteiger partial charge is 0.248 e. The molecule has 0 atom stereocenters. The predicted molar refractivity (Wildman–Crippen MR) is 103 cm³/mol. The van der Waals surface area contributed by atoms with E-state index in [1.54, 1.807) is 29.7 Å². The minimum atomic E-state index is -0.160. The third kappa shape index (κ3) is 4.37. The molecule has 0 spiro atoms. The second kappa shape index (κ2) is 7.83. The molecule has 0 saturated carbocycles. The van der Waals surface area contributed by atoms with Crippen LogP contribution in [0.5, 0.6) is 0 Å². The lowest BCUT2D eigenvalue weighted by molar-refractivity contribution is -0.111. The van der Waals surface area contributed by atoms with Crippen molar-refractivity contribution < 1.29 is 4.79 Å². The highest BCUT2D eigenvalue weighted by molar-refractivity contribution is 9.11. The molecule has 4 nitrogen and oxygen atoms in total. The van der Waals surface area contributed by atoms with Crippen molar-refractivity contribution >= 4 is 56.7 Å². The zero-order chi connectivity index (χ0) is 16.9. The Morgan fingerprint density at radius 2 is 2.17 bits per heavy atom. The normalized spacial score (nSPS) is 11.1. The summed E-state index contributed by atoms with van der Waals surface area (Å²) in [6.07, 6.45) is 7.00. The number of amides is 1. The minimum absolute atomic E-state index is 0.160. The molecule has 0 aliphatic carbocycles. The number of rotatable bonds is 5. The number of aromatic nitrogens is 2. The number of carbonyl (C=O) groups is 1. The van der Waals surface area contributed by atoms with E-state index in [2.05, 4.69) is 26.2 Å². The molecular weight excluding hydrogens is 406 g/mol. The van der Waals surface area contributed by atoms with Crippen LogP contribution in [0.3, 0.4) is 0 Å². The Bertz CT molecular complexity index is 885. The standard InChI is InChI=1S/C17H14BrN3OS2/c1-21-11-10-19-17(21)24-14-5-3-2-4-13(14)20-16(22)9-7-12-6-8-15(18)23-12/h2-11H,1H3,(H,20,22)/b9-7-. The average Bonchev–Trinajstić information content (AvgIpc) is 3.16. The van der Waals surface area contributed by atoms with Crippen LogP contribution in [-0.2, 0) is 11.8 Å². The van der Waals surface area contributed by atoms with Gasteiger partial charge in [-0.1, -0.05) is 12.1 Å². The molecule has 0 fully saturated rings. The van der Waals surface area contributed by atoms with Crippen molar-refractivity contribution in [2.75, 3.05) is 5.32 Å². The predicted octanol–water partition coefficient (Wildman–Crippen LogP) is 5.05. The molecule has 0 bridgehead atoms. The Kier molecular flexibility index (Phi) is 5.55. The highest BCUT2D eigenvalue weighted by Crippen LogP contribution is 2.32. The lowest BCUT2D eigenvalue weighted by Crippen LogP contribution is -2.08. The maximum absolute atomic E-state index is 12.2. The molecule has 1 N–H and O–H groups in total. The number of halogens is 1. The van der Waals surface area contributed by atoms with Crippen LogP contribution in [0.15, 0.2) is 68.7 Å². The summed E-state index contributed by atoms with van der Waals surface area (Å²) in [6.45, 7) is 0. The van der Waals surface area contributed by atoms with E-state index >= 15 is 0 Å². The highest BCUT2D eigenvalue weighted by Gasteiger charge is 2.08. The van der Waals surface area contributed by atoms with Crippen molar-refractivity contribution in [3.63, 3.8) is 0 Å². The summed E-state index contributed by atoms with van der Waals surface area (Å²) in [7, 11) is 1.94. The summed E-state index contributed by atoms with van der Waals surface area (Å²) in [6, 6.07) is 11.6. The third-order valence-corrected chi connectivity index (χ3v) is 5.86. The number of hydrogen-bond acceptors (Lipinski definition) is 4. The largest absolute Gasteiger partial charge is 0.329 e. The van der Waals surface area contributed by atoms with E-state index in [1.807, 2.05) is 54.2 Å². The van der Waals surface area contributed by atoms with Gasteiger partial charge in [0.05, 0.1) is 9.47 Å². The first kappa shape index (κ1) is 17.0. The number of hydrogen-bond donors (Lipinski definition) is 1. The minimum Gasteiger partial charge on any atom is -0.329 e. The monoisotopic (exact) mass is 419 g/mol. The van der Waals surface area contributed by atoms with Gasteiger partial charge < -0.3 is 9.88 Å². The number of benzene rings is 1. The number of imidazole rings is 1. The van der Waals surface area contributed by atoms with Crippen molar-refractivity contribution in [3.8, 4) is 0 Å². The van der Waals surface area contributed by atoms with Crippen LogP contribution in [0.4, 0.5) is 5.69 Å². The lowest BCUT2D eigenvalue weighted by Gasteiger charge is -2.09. The first-order valence-electron chi connectivity index (χ1n) is 7.10. The Morgan fingerprint density at radius 1 is 1.33 bits per heavy atom. The fourth-order valence-electron chi connectivity index (χ4n) is 1.96. The molecular formula is C17H14BrN3OS2. The number of anilines is 1. The van der Waals surface area contributed by atoms with Gasteiger partial charge in [0.2, 0.25) is 5.91 Å². The summed E-state index contributed by atoms with van der Waals surface area (Å²) in [5, 5.41) is 3.80. The van der Waals surface area contributed by atoms with Gasteiger partial charge in [-0.3, -0.25) is 4.79 Å². The van der Waals surface area contributed by atoms with Crippen molar-refractivity contribution in [3.05, 3.63) is 63.5 Å². The molecule has 122 valence electrons. The number of nitrogens with one attached hydrogen (secondary N) is 1. The highest BCUT2D eigenvalue weighted by atomic mass is 79.9. The first-order chi connectivity index (χ1) is 11.6. The van der Waals surface area contributed by atoms with Crippen LogP contribution in [0.2, 0.25) is 0 Å². The van der Waals surface area contributed by atoms with E-state index < -0.39 is 0 Å². The molecule has 1 aromatic carbocycles. The molecule has 1 amide bonds. The van der Waals surface area contributed by atoms with Crippen LogP contribution in [0.1, 0.15) is 4.88 Å². The second-order valence-electron chi connectivity index (χ2n) is 4.88. The van der Waals surface area contributed by atoms with Gasteiger partial charge in [0, 0.05) is 35.3 Å². The molecule has 2 heterocycles. The van der Waals surface area contributed by atoms with Gasteiger partial charge in [0.15, 0.2) is 5.16 Å². The maximum atomic E-state index is 12.2. The van der Waals surface area contributed by atoms with E-state index in [4.69, 9.17) is 0 Å². The fraction of sp³-hybridized carbons (Fsp3) is 0.0588. The molecule has 0 unspecified atom stereocenters. The van der Waals surface area contributed by atoms with Gasteiger partial charge in [0.25, 0.3) is 0 Å². The lowest BCUT2D eigenvalue weighted by atomic mass is 10.3. The molecule has 2 aromatic heterocycles. The van der Waals surface area contributed by atoms with Gasteiger partial charge in [-0.05, 0) is 58.0 Å². The van der Waals surface area contributed by atoms with E-state index in [0.29, 0.717) is 0 Å². The zero-order valence-corrected chi connectivity index (χ0v) is 16.0. The molecule has 0 aliphatic heterocycles. The van der Waals surface area contributed by atoms with Crippen LogP contribution in [-0.4, -0.2) is 15.5 Å². The Labute approximate surface area is 156 Å². The molecule has 0 aliphatic rings. The molecule has 7 heteroatoms. The molecule has 0 radical (unpaired) electrons. The van der Waals surface area contributed by atoms with Crippen LogP contribution in [0.25, 0.3) is 6.08 Å². The average molecular weight is 420 g/mol. The number of carbonyl (C=O) groups excluding carboxylic acids is 1. The van der Waals surface area contributed by atoms with E-state index in [1.165, 1.54) is 11.8 Å². The van der Waals surface area contributed by atoms with E-state index in [9.17, 15) is 4.79 Å². The van der Waals surface area contributed by atoms with E-state index in [0.717, 1.165) is 24.4 Å². The summed E-state index contributed by atoms with van der Waals surface area (Å²) in [4.78, 5) is 18.5. The zero-order valence-electron chi connectivity index (χ0n) is 12.8. The van der Waals surface area contributed by atoms with Crippen molar-refractivity contribution in [1.29, 1.82) is 0 Å². The number of thiophene rings is 1. The SMILES string of the molecule is Cn1ccnc1Sc1ccccc1NC(=O)/C=C\c1ccc(Br)s1. The Morgan fingerprint density at radius 3 is 2.88 bits per heavy atom. The molecule has 3 aromatic rings. The summed E-state index contributed by atoms with van der Waals surface area (Å²) in [5.41, 5.74) is 0.771. The summed E-state index contributed by atoms with van der Waals surface area (Å²) in [5.74, 6) is -0.160. The fourth-order valence-corrected chi connectivity index (χ4v) is 4.17. The Hall–Kier alpha value is -1.83. The van der Waals surface area contributed by atoms with Crippen molar-refractivity contribution in [1.82, 2.24) is 9.55 Å². The van der Waals surface area contributed by atoms with Crippen LogP contribution < -0.4 is 5.32 Å². The summed E-state index contributed by atoms with van der Waals surface area (Å²) < 4.78 is 2.98. The quantitative estimate of drug-likeness (QED) is 0.588. The first-order valence-corrected chi connectivity index (χ1v) is 9.53. The van der Waals surface area contributed by atoms with Crippen LogP contribution in [0, 0.1) is 0 Å². The van der Waals surface area contributed by atoms with Gasteiger partial charge in [-0.2, -0.15) is 0 Å². The second-order valence-corrected chi connectivity index (χ2v) is 8.39. The summed E-state index contributed by atoms with van der Waals surface area (Å²) >= 11 is 6.50. The molecule has 0 saturated heterocycles. The van der Waals surface area contributed by atoms with Crippen LogP contribution >= 0.6 is 39.0 Å². The van der Waals surface area contributed by atoms with E-state index in [-0.39, 0.29) is 5.91 Å². The van der Waals surface area contributed by atoms with Crippen molar-refractivity contribution in [2.45, 2.75) is 10.1 Å². The van der Waals surface area contributed by atoms with Gasteiger partial charge in [-0.15, -0.1) is 11.3 Å². The van der Waals surface area contributed by atoms with Gasteiger partial charge in [0.1, 0.15) is 0 Å². The topological polar surface area (TPSA) is 46.9 Å². The molecule has 24 heavy (non-hydrogen) atoms. The number of aryl methyl sites for hydroxylation is 1. The van der Waals surface area contributed by atoms with Crippen molar-refractivity contribution in [2.24, 2.45) is 7.05 Å². The maximum Gasteiger partial charge on any atom is 0.248 e. The number of para-hydroxylation sites is 1. The molecule has 3 rings (SSSR count).